The molecule has 182 valence electrons. The molecule has 2 atom stereocenters. The minimum absolute atomic E-state index is 0.0480. The van der Waals surface area contributed by atoms with Crippen LogP contribution in [-0.2, 0) is 6.61 Å². The second kappa shape index (κ2) is 9.90. The van der Waals surface area contributed by atoms with E-state index in [0.29, 0.717) is 24.4 Å². The molecule has 1 fully saturated rings. The van der Waals surface area contributed by atoms with Crippen LogP contribution in [0.1, 0.15) is 50.7 Å². The van der Waals surface area contributed by atoms with Crippen LogP contribution in [0.2, 0.25) is 0 Å². The standard InChI is InChI=1S/C29H36N5O/c1-20(2)27(30)22-11-13-23(14-12-22)28-26-18-32-15-16-34(26,31)29(33-28)24-9-6-10-25(17-24)35-19-21-7-4-3-5-8-21/h3-10,15-18,20,22-23,27H,11-14,19,30-31H2,1-2H3/q+1. The molecular formula is C29H36N5O+. The Morgan fingerprint density at radius 3 is 2.54 bits per heavy atom. The Morgan fingerprint density at radius 2 is 1.80 bits per heavy atom. The van der Waals surface area contributed by atoms with Crippen molar-refractivity contribution in [3.63, 3.8) is 0 Å². The Kier molecular flexibility index (Phi) is 6.69. The average molecular weight is 471 g/mol. The number of aliphatic imine (C=N–C) groups is 2. The highest BCUT2D eigenvalue weighted by Gasteiger charge is 2.46. The fraction of sp³-hybridized carbons (Fsp3) is 0.379. The molecule has 6 nitrogen and oxygen atoms in total. The number of nitrogens with two attached hydrogens (primary N) is 2. The number of quaternary nitrogens is 1. The molecule has 2 aliphatic heterocycles. The van der Waals surface area contributed by atoms with Gasteiger partial charge in [-0.15, -0.1) is 4.59 Å². The third-order valence-corrected chi connectivity index (χ3v) is 7.64. The van der Waals surface area contributed by atoms with Crippen molar-refractivity contribution in [1.82, 2.24) is 0 Å². The summed E-state index contributed by atoms with van der Waals surface area (Å²) >= 11 is 0. The van der Waals surface area contributed by atoms with E-state index in [0.717, 1.165) is 59.8 Å². The largest absolute Gasteiger partial charge is 0.489 e. The van der Waals surface area contributed by atoms with Crippen molar-refractivity contribution in [2.75, 3.05) is 0 Å². The lowest BCUT2D eigenvalue weighted by Crippen LogP contribution is -2.53. The molecule has 5 rings (SSSR count). The van der Waals surface area contributed by atoms with Crippen LogP contribution in [0.4, 0.5) is 0 Å². The van der Waals surface area contributed by atoms with Gasteiger partial charge in [-0.05, 0) is 61.3 Å². The maximum absolute atomic E-state index is 6.98. The molecule has 0 radical (unpaired) electrons. The number of nitrogens with zero attached hydrogens (tertiary/aromatic N) is 3. The first-order valence-corrected chi connectivity index (χ1v) is 12.7. The average Bonchev–Trinajstić information content (AvgIpc) is 3.21. The van der Waals surface area contributed by atoms with Gasteiger partial charge in [0.2, 0.25) is 5.70 Å². The van der Waals surface area contributed by atoms with Gasteiger partial charge < -0.3 is 10.5 Å². The highest BCUT2D eigenvalue weighted by atomic mass is 16.5. The molecule has 0 aromatic heterocycles. The van der Waals surface area contributed by atoms with Gasteiger partial charge in [0, 0.05) is 12.0 Å². The molecule has 1 aliphatic carbocycles. The topological polar surface area (TPSA) is 86.0 Å². The highest BCUT2D eigenvalue weighted by molar-refractivity contribution is 6.00. The predicted molar refractivity (Wildman–Crippen MR) is 141 cm³/mol. The third kappa shape index (κ3) is 4.74. The zero-order valence-electron chi connectivity index (χ0n) is 20.7. The van der Waals surface area contributed by atoms with E-state index in [2.05, 4.69) is 37.0 Å². The van der Waals surface area contributed by atoms with E-state index in [-0.39, 0.29) is 10.6 Å². The second-order valence-corrected chi connectivity index (χ2v) is 10.3. The number of amidine groups is 1. The second-order valence-electron chi connectivity index (χ2n) is 10.3. The Labute approximate surface area is 208 Å². The van der Waals surface area contributed by atoms with Crippen LogP contribution in [-0.4, -0.2) is 22.7 Å². The van der Waals surface area contributed by atoms with Crippen LogP contribution in [0.15, 0.2) is 88.4 Å². The van der Waals surface area contributed by atoms with Crippen molar-refractivity contribution in [3.8, 4) is 5.75 Å². The van der Waals surface area contributed by atoms with E-state index in [1.807, 2.05) is 48.8 Å². The Hall–Kier alpha value is -3.06. The predicted octanol–water partition coefficient (Wildman–Crippen LogP) is 5.27. The summed E-state index contributed by atoms with van der Waals surface area (Å²) in [6.07, 6.45) is 9.98. The van der Waals surface area contributed by atoms with Gasteiger partial charge in [0.1, 0.15) is 24.3 Å². The number of ether oxygens (including phenoxy) is 1. The maximum Gasteiger partial charge on any atom is 0.265 e. The summed E-state index contributed by atoms with van der Waals surface area (Å²) in [7, 11) is 0. The molecule has 3 aliphatic rings. The van der Waals surface area contributed by atoms with Crippen LogP contribution in [0.5, 0.6) is 5.75 Å². The molecule has 2 aromatic carbocycles. The summed E-state index contributed by atoms with van der Waals surface area (Å²) in [6, 6.07) is 18.5. The van der Waals surface area contributed by atoms with Crippen LogP contribution in [0.25, 0.3) is 0 Å². The number of hydrogen-bond donors (Lipinski definition) is 2. The normalized spacial score (nSPS) is 26.6. The first kappa shape index (κ1) is 23.7. The van der Waals surface area contributed by atoms with Crippen molar-refractivity contribution >= 4 is 12.1 Å². The summed E-state index contributed by atoms with van der Waals surface area (Å²) < 4.78 is 6.13. The van der Waals surface area contributed by atoms with Gasteiger partial charge in [-0.1, -0.05) is 50.2 Å². The SMILES string of the molecule is CC(C)C(N)C1CCC(C2=C3C=NC=C[N+]3(N)C(c3cccc(OCc4ccccc4)c3)=N2)CC1. The molecule has 0 saturated heterocycles. The fourth-order valence-corrected chi connectivity index (χ4v) is 5.49. The van der Waals surface area contributed by atoms with E-state index < -0.39 is 0 Å². The summed E-state index contributed by atoms with van der Waals surface area (Å²) in [5.41, 5.74) is 10.6. The molecule has 0 bridgehead atoms. The van der Waals surface area contributed by atoms with Crippen molar-refractivity contribution in [2.45, 2.75) is 52.2 Å². The Balaban J connectivity index is 1.38. The van der Waals surface area contributed by atoms with E-state index in [4.69, 9.17) is 21.3 Å². The fourth-order valence-electron chi connectivity index (χ4n) is 5.49. The molecule has 4 N–H and O–H groups in total. The van der Waals surface area contributed by atoms with Gasteiger partial charge in [0.05, 0.1) is 18.0 Å². The summed E-state index contributed by atoms with van der Waals surface area (Å²) in [5, 5.41) is 0. The van der Waals surface area contributed by atoms with E-state index >= 15 is 0 Å². The first-order valence-electron chi connectivity index (χ1n) is 12.7. The molecule has 6 heteroatoms. The Bertz CT molecular complexity index is 1170. The van der Waals surface area contributed by atoms with Gasteiger partial charge in [0.25, 0.3) is 5.84 Å². The molecule has 2 heterocycles. The smallest absolute Gasteiger partial charge is 0.265 e. The number of benzene rings is 2. The van der Waals surface area contributed by atoms with Gasteiger partial charge in [-0.3, -0.25) is 4.99 Å². The van der Waals surface area contributed by atoms with Crippen molar-refractivity contribution in [2.24, 2.45) is 39.3 Å². The number of rotatable bonds is 7. The van der Waals surface area contributed by atoms with Crippen LogP contribution >= 0.6 is 0 Å². The van der Waals surface area contributed by atoms with Crippen molar-refractivity contribution in [1.29, 1.82) is 0 Å². The molecule has 35 heavy (non-hydrogen) atoms. The lowest BCUT2D eigenvalue weighted by Gasteiger charge is -2.33. The van der Waals surface area contributed by atoms with Crippen LogP contribution < -0.4 is 16.3 Å². The minimum atomic E-state index is 0.0480. The molecule has 0 spiro atoms. The first-order chi connectivity index (χ1) is 17.0. The van der Waals surface area contributed by atoms with E-state index in [9.17, 15) is 0 Å². The quantitative estimate of drug-likeness (QED) is 0.427. The zero-order chi connectivity index (χ0) is 24.4. The number of hydrogen-bond acceptors (Lipinski definition) is 5. The molecule has 2 aromatic rings. The van der Waals surface area contributed by atoms with Crippen LogP contribution in [0.3, 0.4) is 0 Å². The summed E-state index contributed by atoms with van der Waals surface area (Å²) in [5.74, 6) is 10.0. The van der Waals surface area contributed by atoms with E-state index in [1.54, 1.807) is 6.20 Å². The van der Waals surface area contributed by atoms with E-state index in [1.165, 1.54) is 0 Å². The third-order valence-electron chi connectivity index (χ3n) is 7.64. The zero-order valence-corrected chi connectivity index (χ0v) is 20.7. The number of allylic oxidation sites excluding steroid dienone is 2. The molecule has 2 unspecified atom stereocenters. The highest BCUT2D eigenvalue weighted by Crippen LogP contribution is 2.42. The van der Waals surface area contributed by atoms with Gasteiger partial charge >= 0.3 is 0 Å². The molecular weight excluding hydrogens is 434 g/mol. The molecule has 0 amide bonds. The lowest BCUT2D eigenvalue weighted by molar-refractivity contribution is -0.750. The van der Waals surface area contributed by atoms with Crippen molar-refractivity contribution < 1.29 is 9.33 Å². The maximum atomic E-state index is 6.98. The summed E-state index contributed by atoms with van der Waals surface area (Å²) in [6.45, 7) is 4.96. The van der Waals surface area contributed by atoms with Gasteiger partial charge in [0.15, 0.2) is 0 Å². The lowest BCUT2D eigenvalue weighted by atomic mass is 9.75. The minimum Gasteiger partial charge on any atom is -0.489 e. The summed E-state index contributed by atoms with van der Waals surface area (Å²) in [4.78, 5) is 9.58. The van der Waals surface area contributed by atoms with Crippen molar-refractivity contribution in [3.05, 3.63) is 89.5 Å². The van der Waals surface area contributed by atoms with Gasteiger partial charge in [-0.25, -0.2) is 0 Å². The Morgan fingerprint density at radius 1 is 1.03 bits per heavy atom. The monoisotopic (exact) mass is 470 g/mol. The number of fused-ring (bicyclic) bond motifs is 1. The van der Waals surface area contributed by atoms with Gasteiger partial charge in [-0.2, -0.15) is 10.8 Å². The van der Waals surface area contributed by atoms with Crippen LogP contribution in [0, 0.1) is 17.8 Å². The molecule has 1 saturated carbocycles.